The summed E-state index contributed by atoms with van der Waals surface area (Å²) in [6, 6.07) is 6.81. The molecule has 0 aliphatic carbocycles. The molecule has 0 aromatic heterocycles. The number of benzene rings is 1. The second kappa shape index (κ2) is 8.04. The fourth-order valence-electron chi connectivity index (χ4n) is 1.79. The maximum Gasteiger partial charge on any atom is 0.303 e. The summed E-state index contributed by atoms with van der Waals surface area (Å²) in [5, 5.41) is 11.2. The Morgan fingerprint density at radius 1 is 1.10 bits per heavy atom. The summed E-state index contributed by atoms with van der Waals surface area (Å²) in [7, 11) is 3.29. The molecule has 114 valence electrons. The number of anilines is 1. The number of carbonyl (C=O) groups excluding carboxylic acids is 2. The molecule has 0 saturated heterocycles. The van der Waals surface area contributed by atoms with Gasteiger partial charge in [-0.05, 0) is 25.0 Å². The molecule has 0 radical (unpaired) electrons. The van der Waals surface area contributed by atoms with E-state index in [1.807, 2.05) is 0 Å². The fourth-order valence-corrected chi connectivity index (χ4v) is 1.79. The zero-order valence-corrected chi connectivity index (χ0v) is 12.3. The first-order valence-electron chi connectivity index (χ1n) is 6.74. The molecule has 0 saturated carbocycles. The van der Waals surface area contributed by atoms with Crippen molar-refractivity contribution in [1.82, 2.24) is 4.90 Å². The van der Waals surface area contributed by atoms with Crippen LogP contribution in [-0.4, -0.2) is 41.9 Å². The van der Waals surface area contributed by atoms with E-state index < -0.39 is 5.97 Å². The Balaban J connectivity index is 2.60. The van der Waals surface area contributed by atoms with Crippen LogP contribution in [0.4, 0.5) is 5.69 Å². The molecular weight excluding hydrogens is 272 g/mol. The number of hydrogen-bond acceptors (Lipinski definition) is 3. The monoisotopic (exact) mass is 292 g/mol. The molecule has 1 aromatic carbocycles. The number of hydrogen-bond donors (Lipinski definition) is 2. The van der Waals surface area contributed by atoms with Crippen molar-refractivity contribution in [3.8, 4) is 0 Å². The smallest absolute Gasteiger partial charge is 0.303 e. The summed E-state index contributed by atoms with van der Waals surface area (Å²) in [5.41, 5.74) is 0.904. The predicted molar refractivity (Wildman–Crippen MR) is 79.2 cm³/mol. The number of unbranched alkanes of at least 4 members (excludes halogenated alkanes) is 1. The summed E-state index contributed by atoms with van der Waals surface area (Å²) in [5.74, 6) is -1.27. The maximum atomic E-state index is 12.0. The Morgan fingerprint density at radius 3 is 2.33 bits per heavy atom. The first-order valence-corrected chi connectivity index (χ1v) is 6.74. The standard InChI is InChI=1S/C15H20N2O4/c1-17(2)15(21)11-7-3-4-8-12(11)16-13(18)9-5-6-10-14(19)20/h3-4,7-8H,5-6,9-10H2,1-2H3,(H,16,18)(H,19,20). The van der Waals surface area contributed by atoms with Crippen LogP contribution in [0.25, 0.3) is 0 Å². The van der Waals surface area contributed by atoms with Crippen LogP contribution in [0, 0.1) is 0 Å². The average Bonchev–Trinajstić information content (AvgIpc) is 2.43. The van der Waals surface area contributed by atoms with Crippen molar-refractivity contribution in [3.05, 3.63) is 29.8 Å². The lowest BCUT2D eigenvalue weighted by Gasteiger charge is -2.14. The second-order valence-corrected chi connectivity index (χ2v) is 4.89. The van der Waals surface area contributed by atoms with Crippen LogP contribution in [0.15, 0.2) is 24.3 Å². The third-order valence-corrected chi connectivity index (χ3v) is 2.88. The van der Waals surface area contributed by atoms with Crippen molar-refractivity contribution in [2.75, 3.05) is 19.4 Å². The molecule has 0 aliphatic rings. The van der Waals surface area contributed by atoms with Gasteiger partial charge in [-0.2, -0.15) is 0 Å². The Kier molecular flexibility index (Phi) is 6.39. The van der Waals surface area contributed by atoms with E-state index in [4.69, 9.17) is 5.11 Å². The normalized spacial score (nSPS) is 10.0. The minimum absolute atomic E-state index is 0.0585. The zero-order chi connectivity index (χ0) is 15.8. The number of carboxylic acids is 1. The number of para-hydroxylation sites is 1. The number of rotatable bonds is 7. The van der Waals surface area contributed by atoms with Crippen molar-refractivity contribution in [2.24, 2.45) is 0 Å². The minimum atomic E-state index is -0.864. The van der Waals surface area contributed by atoms with Gasteiger partial charge < -0.3 is 15.3 Å². The van der Waals surface area contributed by atoms with Gasteiger partial charge in [-0.15, -0.1) is 0 Å². The lowest BCUT2D eigenvalue weighted by Crippen LogP contribution is -2.24. The largest absolute Gasteiger partial charge is 0.481 e. The van der Waals surface area contributed by atoms with Crippen LogP contribution >= 0.6 is 0 Å². The maximum absolute atomic E-state index is 12.0. The zero-order valence-electron chi connectivity index (χ0n) is 12.3. The van der Waals surface area contributed by atoms with Gasteiger partial charge in [-0.1, -0.05) is 12.1 Å². The van der Waals surface area contributed by atoms with E-state index in [2.05, 4.69) is 5.32 Å². The molecule has 6 nitrogen and oxygen atoms in total. The quantitative estimate of drug-likeness (QED) is 0.752. The molecular formula is C15H20N2O4. The molecule has 6 heteroatoms. The van der Waals surface area contributed by atoms with Crippen molar-refractivity contribution < 1.29 is 19.5 Å². The number of amides is 2. The number of carboxylic acid groups (broad SMARTS) is 1. The van der Waals surface area contributed by atoms with Crippen molar-refractivity contribution in [2.45, 2.75) is 25.7 Å². The highest BCUT2D eigenvalue weighted by Crippen LogP contribution is 2.17. The molecule has 0 heterocycles. The Bertz CT molecular complexity index is 526. The second-order valence-electron chi connectivity index (χ2n) is 4.89. The van der Waals surface area contributed by atoms with Crippen molar-refractivity contribution >= 4 is 23.5 Å². The van der Waals surface area contributed by atoms with Crippen LogP contribution < -0.4 is 5.32 Å². The third-order valence-electron chi connectivity index (χ3n) is 2.88. The molecule has 1 rings (SSSR count). The SMILES string of the molecule is CN(C)C(=O)c1ccccc1NC(=O)CCCCC(=O)O. The first kappa shape index (κ1) is 16.7. The van der Waals surface area contributed by atoms with Crippen LogP contribution in [0.1, 0.15) is 36.0 Å². The van der Waals surface area contributed by atoms with Gasteiger partial charge in [0.15, 0.2) is 0 Å². The molecule has 21 heavy (non-hydrogen) atoms. The topological polar surface area (TPSA) is 86.7 Å². The average molecular weight is 292 g/mol. The molecule has 0 fully saturated rings. The highest BCUT2D eigenvalue weighted by molar-refractivity contribution is 6.03. The van der Waals surface area contributed by atoms with Gasteiger partial charge in [0.2, 0.25) is 5.91 Å². The lowest BCUT2D eigenvalue weighted by molar-refractivity contribution is -0.137. The minimum Gasteiger partial charge on any atom is -0.481 e. The fraction of sp³-hybridized carbons (Fsp3) is 0.400. The predicted octanol–water partition coefficient (Wildman–Crippen LogP) is 1.97. The molecule has 0 spiro atoms. The summed E-state index contributed by atoms with van der Waals surface area (Å²) in [4.78, 5) is 35.6. The van der Waals surface area contributed by atoms with E-state index >= 15 is 0 Å². The van der Waals surface area contributed by atoms with E-state index in [0.717, 1.165) is 0 Å². The van der Waals surface area contributed by atoms with E-state index in [1.54, 1.807) is 38.4 Å². The lowest BCUT2D eigenvalue weighted by atomic mass is 10.1. The summed E-state index contributed by atoms with van der Waals surface area (Å²) >= 11 is 0. The highest BCUT2D eigenvalue weighted by atomic mass is 16.4. The van der Waals surface area contributed by atoms with E-state index in [0.29, 0.717) is 24.1 Å². The van der Waals surface area contributed by atoms with Gasteiger partial charge in [0, 0.05) is 26.9 Å². The number of carbonyl (C=O) groups is 3. The van der Waals surface area contributed by atoms with Gasteiger partial charge in [-0.25, -0.2) is 0 Å². The van der Waals surface area contributed by atoms with Gasteiger partial charge in [0.1, 0.15) is 0 Å². The van der Waals surface area contributed by atoms with Gasteiger partial charge in [0.25, 0.3) is 5.91 Å². The van der Waals surface area contributed by atoms with Crippen LogP contribution in [0.2, 0.25) is 0 Å². The van der Waals surface area contributed by atoms with Crippen LogP contribution in [-0.2, 0) is 9.59 Å². The summed E-state index contributed by atoms with van der Waals surface area (Å²) < 4.78 is 0. The van der Waals surface area contributed by atoms with Gasteiger partial charge in [0.05, 0.1) is 11.3 Å². The molecule has 0 unspecified atom stereocenters. The molecule has 0 aliphatic heterocycles. The van der Waals surface area contributed by atoms with E-state index in [9.17, 15) is 14.4 Å². The summed E-state index contributed by atoms with van der Waals surface area (Å²) in [6.07, 6.45) is 1.25. The van der Waals surface area contributed by atoms with Crippen molar-refractivity contribution in [1.29, 1.82) is 0 Å². The summed E-state index contributed by atoms with van der Waals surface area (Å²) in [6.45, 7) is 0. The van der Waals surface area contributed by atoms with Crippen molar-refractivity contribution in [3.63, 3.8) is 0 Å². The number of aliphatic carboxylic acids is 1. The Morgan fingerprint density at radius 2 is 1.71 bits per heavy atom. The van der Waals surface area contributed by atoms with Gasteiger partial charge >= 0.3 is 5.97 Å². The van der Waals surface area contributed by atoms with E-state index in [1.165, 1.54) is 4.90 Å². The van der Waals surface area contributed by atoms with Crippen LogP contribution in [0.3, 0.4) is 0 Å². The molecule has 2 amide bonds. The molecule has 1 aromatic rings. The first-order chi connectivity index (χ1) is 9.91. The molecule has 0 bridgehead atoms. The molecule has 0 atom stereocenters. The number of nitrogens with zero attached hydrogens (tertiary/aromatic N) is 1. The highest BCUT2D eigenvalue weighted by Gasteiger charge is 2.14. The van der Waals surface area contributed by atoms with Gasteiger partial charge in [-0.3, -0.25) is 14.4 Å². The van der Waals surface area contributed by atoms with E-state index in [-0.39, 0.29) is 24.7 Å². The van der Waals surface area contributed by atoms with Crippen LogP contribution in [0.5, 0.6) is 0 Å². The number of nitrogens with one attached hydrogen (secondary N) is 1. The Labute approximate surface area is 123 Å². The molecule has 2 N–H and O–H groups in total. The Hall–Kier alpha value is -2.37. The third kappa shape index (κ3) is 5.64.